The highest BCUT2D eigenvalue weighted by atomic mass is 16.5. The summed E-state index contributed by atoms with van der Waals surface area (Å²) in [5, 5.41) is 7.40. The van der Waals surface area contributed by atoms with Crippen LogP contribution in [0.5, 0.6) is 0 Å². The van der Waals surface area contributed by atoms with Gasteiger partial charge in [0.15, 0.2) is 0 Å². The van der Waals surface area contributed by atoms with E-state index in [0.29, 0.717) is 30.4 Å². The fraction of sp³-hybridized carbons (Fsp3) is 0.917. The number of nitrogens with one attached hydrogen (secondary N) is 1. The second-order valence-corrected chi connectivity index (χ2v) is 5.08. The van der Waals surface area contributed by atoms with Gasteiger partial charge in [-0.3, -0.25) is 10.3 Å². The van der Waals surface area contributed by atoms with Crippen molar-refractivity contribution in [2.45, 2.75) is 57.2 Å². The molecule has 3 atom stereocenters. The Morgan fingerprint density at radius 2 is 2.25 bits per heavy atom. The van der Waals surface area contributed by atoms with Gasteiger partial charge in [0, 0.05) is 25.0 Å². The van der Waals surface area contributed by atoms with Gasteiger partial charge < -0.3 is 10.5 Å². The van der Waals surface area contributed by atoms with Gasteiger partial charge in [-0.2, -0.15) is 0 Å². The first-order valence-electron chi connectivity index (χ1n) is 6.38. The Bertz CT molecular complexity index is 255. The first-order valence-corrected chi connectivity index (χ1v) is 6.38. The van der Waals surface area contributed by atoms with Crippen LogP contribution in [0.2, 0.25) is 0 Å². The van der Waals surface area contributed by atoms with Gasteiger partial charge in [0.05, 0.1) is 18.5 Å². The van der Waals surface area contributed by atoms with Crippen molar-refractivity contribution in [3.8, 4) is 0 Å². The Hall–Kier alpha value is -0.610. The molecule has 2 aliphatic rings. The van der Waals surface area contributed by atoms with E-state index in [9.17, 15) is 0 Å². The monoisotopic (exact) mass is 225 g/mol. The minimum atomic E-state index is 0.298. The van der Waals surface area contributed by atoms with Crippen molar-refractivity contribution >= 4 is 5.84 Å². The van der Waals surface area contributed by atoms with Crippen LogP contribution in [0.25, 0.3) is 0 Å². The Balaban J connectivity index is 1.98. The van der Waals surface area contributed by atoms with Gasteiger partial charge in [-0.05, 0) is 19.8 Å². The molecule has 4 nitrogen and oxygen atoms in total. The van der Waals surface area contributed by atoms with Crippen molar-refractivity contribution in [1.82, 2.24) is 4.90 Å². The third kappa shape index (κ3) is 2.55. The molecular weight excluding hydrogens is 202 g/mol. The normalized spacial score (nSPS) is 33.1. The molecule has 0 radical (unpaired) electrons. The van der Waals surface area contributed by atoms with Crippen LogP contribution in [0.3, 0.4) is 0 Å². The number of hydrogen-bond donors (Lipinski definition) is 2. The van der Waals surface area contributed by atoms with Gasteiger partial charge in [-0.15, -0.1) is 0 Å². The largest absolute Gasteiger partial charge is 0.388 e. The van der Waals surface area contributed by atoms with E-state index in [0.717, 1.165) is 13.2 Å². The molecule has 4 heteroatoms. The Morgan fingerprint density at radius 3 is 3.00 bits per heavy atom. The van der Waals surface area contributed by atoms with Crippen LogP contribution in [0.1, 0.15) is 39.0 Å². The third-order valence-electron chi connectivity index (χ3n) is 3.86. The fourth-order valence-corrected chi connectivity index (χ4v) is 3.11. The van der Waals surface area contributed by atoms with Gasteiger partial charge in [0.2, 0.25) is 0 Å². The number of fused-ring (bicyclic) bond motifs is 1. The maximum Gasteiger partial charge on any atom is 0.0920 e. The summed E-state index contributed by atoms with van der Waals surface area (Å²) in [7, 11) is 0. The van der Waals surface area contributed by atoms with E-state index < -0.39 is 0 Å². The van der Waals surface area contributed by atoms with Crippen molar-refractivity contribution in [2.75, 3.05) is 13.2 Å². The molecule has 1 heterocycles. The van der Waals surface area contributed by atoms with E-state index in [-0.39, 0.29) is 0 Å². The molecule has 92 valence electrons. The topological polar surface area (TPSA) is 62.3 Å². The zero-order valence-electron chi connectivity index (χ0n) is 10.1. The highest BCUT2D eigenvalue weighted by Crippen LogP contribution is 2.30. The van der Waals surface area contributed by atoms with Crippen LogP contribution in [-0.4, -0.2) is 42.1 Å². The molecule has 2 rings (SSSR count). The maximum absolute atomic E-state index is 7.40. The maximum atomic E-state index is 7.40. The van der Waals surface area contributed by atoms with E-state index in [4.69, 9.17) is 15.9 Å². The van der Waals surface area contributed by atoms with Gasteiger partial charge in [0.25, 0.3) is 0 Å². The molecule has 3 unspecified atom stereocenters. The van der Waals surface area contributed by atoms with Gasteiger partial charge in [-0.25, -0.2) is 0 Å². The second kappa shape index (κ2) is 5.15. The first-order chi connectivity index (χ1) is 7.68. The summed E-state index contributed by atoms with van der Waals surface area (Å²) in [5.74, 6) is 0.298. The van der Waals surface area contributed by atoms with E-state index in [1.807, 2.05) is 0 Å². The lowest BCUT2D eigenvalue weighted by Gasteiger charge is -2.46. The first kappa shape index (κ1) is 11.9. The molecule has 0 aromatic heterocycles. The van der Waals surface area contributed by atoms with Crippen LogP contribution in [0.4, 0.5) is 0 Å². The highest BCUT2D eigenvalue weighted by Gasteiger charge is 2.36. The predicted molar refractivity (Wildman–Crippen MR) is 64.7 cm³/mol. The SMILES string of the molecule is CC(CC(=N)N)N1CCOC2CCCCC21. The summed E-state index contributed by atoms with van der Waals surface area (Å²) in [6.45, 7) is 4.01. The molecule has 3 N–H and O–H groups in total. The molecule has 0 bridgehead atoms. The van der Waals surface area contributed by atoms with E-state index in [2.05, 4.69) is 11.8 Å². The standard InChI is InChI=1S/C12H23N3O/c1-9(8-12(13)14)15-6-7-16-11-5-3-2-4-10(11)15/h9-11H,2-8H2,1H3,(H3,13,14). The van der Waals surface area contributed by atoms with Crippen LogP contribution in [0.15, 0.2) is 0 Å². The average molecular weight is 225 g/mol. The number of nitrogens with zero attached hydrogens (tertiary/aromatic N) is 1. The summed E-state index contributed by atoms with van der Waals surface area (Å²) in [6, 6.07) is 0.948. The summed E-state index contributed by atoms with van der Waals surface area (Å²) >= 11 is 0. The van der Waals surface area contributed by atoms with Crippen molar-refractivity contribution < 1.29 is 4.74 Å². The van der Waals surface area contributed by atoms with E-state index in [1.54, 1.807) is 0 Å². The van der Waals surface area contributed by atoms with Crippen molar-refractivity contribution in [2.24, 2.45) is 5.73 Å². The lowest BCUT2D eigenvalue weighted by Crippen LogP contribution is -2.56. The minimum absolute atomic E-state index is 0.298. The number of amidine groups is 1. The van der Waals surface area contributed by atoms with Crippen molar-refractivity contribution in [3.05, 3.63) is 0 Å². The van der Waals surface area contributed by atoms with Gasteiger partial charge in [0.1, 0.15) is 0 Å². The molecular formula is C12H23N3O. The summed E-state index contributed by atoms with van der Waals surface area (Å²) in [6.07, 6.45) is 6.17. The summed E-state index contributed by atoms with van der Waals surface area (Å²) in [5.41, 5.74) is 5.49. The minimum Gasteiger partial charge on any atom is -0.388 e. The molecule has 0 aromatic rings. The lowest BCUT2D eigenvalue weighted by atomic mass is 9.89. The lowest BCUT2D eigenvalue weighted by molar-refractivity contribution is -0.0993. The predicted octanol–water partition coefficient (Wildman–Crippen LogP) is 1.34. The average Bonchev–Trinajstić information content (AvgIpc) is 2.27. The number of hydrogen-bond acceptors (Lipinski definition) is 3. The van der Waals surface area contributed by atoms with E-state index >= 15 is 0 Å². The zero-order chi connectivity index (χ0) is 11.5. The number of rotatable bonds is 3. The molecule has 0 aromatic carbocycles. The Kier molecular flexibility index (Phi) is 3.82. The quantitative estimate of drug-likeness (QED) is 0.563. The highest BCUT2D eigenvalue weighted by molar-refractivity contribution is 5.77. The molecule has 1 saturated heterocycles. The number of ether oxygens (including phenoxy) is 1. The smallest absolute Gasteiger partial charge is 0.0920 e. The molecule has 1 aliphatic carbocycles. The molecule has 1 aliphatic heterocycles. The van der Waals surface area contributed by atoms with Crippen molar-refractivity contribution in [1.29, 1.82) is 5.41 Å². The fourth-order valence-electron chi connectivity index (χ4n) is 3.11. The van der Waals surface area contributed by atoms with Crippen LogP contribution >= 0.6 is 0 Å². The third-order valence-corrected chi connectivity index (χ3v) is 3.86. The Labute approximate surface area is 97.6 Å². The van der Waals surface area contributed by atoms with Crippen LogP contribution in [0, 0.1) is 5.41 Å². The Morgan fingerprint density at radius 1 is 1.50 bits per heavy atom. The van der Waals surface area contributed by atoms with Crippen LogP contribution < -0.4 is 5.73 Å². The molecule has 2 fully saturated rings. The van der Waals surface area contributed by atoms with Crippen molar-refractivity contribution in [3.63, 3.8) is 0 Å². The zero-order valence-corrected chi connectivity index (χ0v) is 10.1. The van der Waals surface area contributed by atoms with Gasteiger partial charge in [-0.1, -0.05) is 12.8 Å². The second-order valence-electron chi connectivity index (χ2n) is 5.08. The summed E-state index contributed by atoms with van der Waals surface area (Å²) in [4.78, 5) is 2.51. The number of morpholine rings is 1. The van der Waals surface area contributed by atoms with Gasteiger partial charge >= 0.3 is 0 Å². The number of nitrogens with two attached hydrogens (primary N) is 1. The molecule has 0 spiro atoms. The van der Waals surface area contributed by atoms with Crippen LogP contribution in [-0.2, 0) is 4.74 Å². The van der Waals surface area contributed by atoms with E-state index in [1.165, 1.54) is 25.7 Å². The molecule has 1 saturated carbocycles. The summed E-state index contributed by atoms with van der Waals surface area (Å²) < 4.78 is 5.84. The molecule has 16 heavy (non-hydrogen) atoms. The molecule has 0 amide bonds.